The third-order valence-corrected chi connectivity index (χ3v) is 5.23. The number of nitrogens with zero attached hydrogens (tertiary/aromatic N) is 2. The summed E-state index contributed by atoms with van der Waals surface area (Å²) in [4.78, 5) is 40.4. The molecule has 0 spiro atoms. The van der Waals surface area contributed by atoms with Crippen LogP contribution in [0.15, 0.2) is 29.3 Å². The maximum Gasteiger partial charge on any atom is 0.263 e. The van der Waals surface area contributed by atoms with Crippen molar-refractivity contribution in [2.75, 3.05) is 19.0 Å². The molecule has 3 amide bonds. The van der Waals surface area contributed by atoms with Crippen molar-refractivity contribution in [2.45, 2.75) is 45.1 Å². The molecular weight excluding hydrogens is 368 g/mol. The highest BCUT2D eigenvalue weighted by Crippen LogP contribution is 2.38. The van der Waals surface area contributed by atoms with Gasteiger partial charge in [0.05, 0.1) is 10.7 Å². The monoisotopic (exact) mass is 390 g/mol. The van der Waals surface area contributed by atoms with Gasteiger partial charge in [0.1, 0.15) is 5.75 Å². The average molecular weight is 391 g/mol. The zero-order valence-corrected chi connectivity index (χ0v) is 16.5. The molecule has 0 bridgehead atoms. The number of imide groups is 1. The number of carbonyl (C=O) groups is 3. The van der Waals surface area contributed by atoms with Crippen molar-refractivity contribution in [2.24, 2.45) is 0 Å². The van der Waals surface area contributed by atoms with Crippen molar-refractivity contribution in [3.8, 4) is 5.75 Å². The van der Waals surface area contributed by atoms with Crippen molar-refractivity contribution in [1.82, 2.24) is 4.90 Å². The molecule has 3 rings (SSSR count). The Hall–Kier alpha value is -2.34. The zero-order valence-electron chi connectivity index (χ0n) is 15.8. The Morgan fingerprint density at radius 1 is 1.19 bits per heavy atom. The van der Waals surface area contributed by atoms with Crippen LogP contribution in [0.5, 0.6) is 5.75 Å². The van der Waals surface area contributed by atoms with Crippen molar-refractivity contribution >= 4 is 35.0 Å². The molecule has 1 unspecified atom stereocenters. The normalized spacial score (nSPS) is 17.9. The molecule has 0 saturated heterocycles. The van der Waals surface area contributed by atoms with Crippen LogP contribution in [0.2, 0.25) is 5.02 Å². The van der Waals surface area contributed by atoms with Gasteiger partial charge in [-0.2, -0.15) is 0 Å². The molecule has 0 N–H and O–H groups in total. The largest absolute Gasteiger partial charge is 0.479 e. The third kappa shape index (κ3) is 3.58. The van der Waals surface area contributed by atoms with Crippen molar-refractivity contribution in [1.29, 1.82) is 0 Å². The second-order valence-electron chi connectivity index (χ2n) is 6.97. The van der Waals surface area contributed by atoms with E-state index in [0.717, 1.165) is 12.8 Å². The van der Waals surface area contributed by atoms with E-state index in [0.29, 0.717) is 41.1 Å². The Morgan fingerprint density at radius 2 is 1.78 bits per heavy atom. The lowest BCUT2D eigenvalue weighted by molar-refractivity contribution is -0.136. The van der Waals surface area contributed by atoms with E-state index in [-0.39, 0.29) is 23.5 Å². The van der Waals surface area contributed by atoms with Gasteiger partial charge in [-0.1, -0.05) is 18.5 Å². The summed E-state index contributed by atoms with van der Waals surface area (Å²) in [5, 5.41) is 0.320. The van der Waals surface area contributed by atoms with Crippen LogP contribution in [-0.2, 0) is 14.4 Å². The SMILES string of the molecule is CCC(Oc1cc(N2C(=O)C3=C(CCCC3)C2=O)ccc1Cl)C(=O)N(C)C. The first-order valence-corrected chi connectivity index (χ1v) is 9.51. The predicted octanol–water partition coefficient (Wildman–Crippen LogP) is 3.33. The number of amides is 3. The highest BCUT2D eigenvalue weighted by Gasteiger charge is 2.40. The quantitative estimate of drug-likeness (QED) is 0.723. The maximum absolute atomic E-state index is 12.7. The summed E-state index contributed by atoms with van der Waals surface area (Å²) < 4.78 is 5.82. The highest BCUT2D eigenvalue weighted by atomic mass is 35.5. The van der Waals surface area contributed by atoms with Gasteiger partial charge < -0.3 is 9.64 Å². The molecular formula is C20H23ClN2O4. The van der Waals surface area contributed by atoms with Gasteiger partial charge in [0.25, 0.3) is 17.7 Å². The van der Waals surface area contributed by atoms with Gasteiger partial charge in [-0.15, -0.1) is 0 Å². The van der Waals surface area contributed by atoms with Gasteiger partial charge in [0, 0.05) is 31.3 Å². The molecule has 7 heteroatoms. The Labute approximate surface area is 163 Å². The molecule has 1 aliphatic carbocycles. The molecule has 1 atom stereocenters. The van der Waals surface area contributed by atoms with Crippen LogP contribution >= 0.6 is 11.6 Å². The van der Waals surface area contributed by atoms with Gasteiger partial charge >= 0.3 is 0 Å². The van der Waals surface area contributed by atoms with E-state index in [4.69, 9.17) is 16.3 Å². The van der Waals surface area contributed by atoms with Crippen LogP contribution < -0.4 is 9.64 Å². The first-order valence-electron chi connectivity index (χ1n) is 9.13. The molecule has 1 heterocycles. The molecule has 6 nitrogen and oxygen atoms in total. The summed E-state index contributed by atoms with van der Waals surface area (Å²) in [6, 6.07) is 4.76. The number of carbonyl (C=O) groups excluding carboxylic acids is 3. The van der Waals surface area contributed by atoms with Crippen molar-refractivity contribution in [3.05, 3.63) is 34.4 Å². The maximum atomic E-state index is 12.7. The molecule has 144 valence electrons. The number of ether oxygens (including phenoxy) is 1. The topological polar surface area (TPSA) is 66.9 Å². The molecule has 1 aromatic rings. The molecule has 1 aliphatic heterocycles. The van der Waals surface area contributed by atoms with Crippen molar-refractivity contribution < 1.29 is 19.1 Å². The zero-order chi connectivity index (χ0) is 19.7. The van der Waals surface area contributed by atoms with Gasteiger partial charge in [-0.3, -0.25) is 14.4 Å². The fourth-order valence-corrected chi connectivity index (χ4v) is 3.61. The van der Waals surface area contributed by atoms with E-state index in [1.165, 1.54) is 9.80 Å². The van der Waals surface area contributed by atoms with Crippen LogP contribution in [0.25, 0.3) is 0 Å². The fraction of sp³-hybridized carbons (Fsp3) is 0.450. The molecule has 1 aromatic carbocycles. The average Bonchev–Trinajstić information content (AvgIpc) is 2.91. The van der Waals surface area contributed by atoms with Gasteiger partial charge in [0.2, 0.25) is 0 Å². The van der Waals surface area contributed by atoms with Gasteiger partial charge in [-0.05, 0) is 44.2 Å². The number of benzene rings is 1. The second-order valence-corrected chi connectivity index (χ2v) is 7.38. The lowest BCUT2D eigenvalue weighted by Gasteiger charge is -2.22. The van der Waals surface area contributed by atoms with Crippen LogP contribution in [0.1, 0.15) is 39.0 Å². The number of anilines is 1. The fourth-order valence-electron chi connectivity index (χ4n) is 3.45. The molecule has 27 heavy (non-hydrogen) atoms. The Morgan fingerprint density at radius 3 is 2.30 bits per heavy atom. The van der Waals surface area contributed by atoms with Crippen LogP contribution in [0, 0.1) is 0 Å². The second kappa shape index (κ2) is 7.72. The standard InChI is InChI=1S/C20H23ClN2O4/c1-4-16(20(26)22(2)3)27-17-11-12(9-10-15(17)21)23-18(24)13-7-5-6-8-14(13)19(23)25/h9-11,16H,4-8H2,1-3H3. The lowest BCUT2D eigenvalue weighted by atomic mass is 9.93. The first kappa shape index (κ1) is 19.4. The lowest BCUT2D eigenvalue weighted by Crippen LogP contribution is -2.37. The molecule has 0 aromatic heterocycles. The summed E-state index contributed by atoms with van der Waals surface area (Å²) in [5.41, 5.74) is 1.65. The summed E-state index contributed by atoms with van der Waals surface area (Å²) >= 11 is 6.23. The summed E-state index contributed by atoms with van der Waals surface area (Å²) in [7, 11) is 3.31. The third-order valence-electron chi connectivity index (χ3n) is 4.92. The minimum absolute atomic E-state index is 0.176. The van der Waals surface area contributed by atoms with Crippen LogP contribution in [0.4, 0.5) is 5.69 Å². The molecule has 0 radical (unpaired) electrons. The van der Waals surface area contributed by atoms with E-state index >= 15 is 0 Å². The highest BCUT2D eigenvalue weighted by molar-refractivity contribution is 6.34. The number of hydrogen-bond donors (Lipinski definition) is 0. The van der Waals surface area contributed by atoms with Gasteiger partial charge in [-0.25, -0.2) is 4.90 Å². The van der Waals surface area contributed by atoms with E-state index in [1.54, 1.807) is 32.3 Å². The van der Waals surface area contributed by atoms with Crippen LogP contribution in [-0.4, -0.2) is 42.8 Å². The number of hydrogen-bond acceptors (Lipinski definition) is 4. The van der Waals surface area contributed by atoms with Crippen LogP contribution in [0.3, 0.4) is 0 Å². The Bertz CT molecular complexity index is 803. The van der Waals surface area contributed by atoms with Crippen molar-refractivity contribution in [3.63, 3.8) is 0 Å². The number of halogens is 1. The number of likely N-dealkylation sites (N-methyl/N-ethyl adjacent to an activating group) is 1. The van der Waals surface area contributed by atoms with E-state index in [2.05, 4.69) is 0 Å². The summed E-state index contributed by atoms with van der Waals surface area (Å²) in [6.07, 6.45) is 2.90. The Balaban J connectivity index is 1.89. The van der Waals surface area contributed by atoms with E-state index in [9.17, 15) is 14.4 Å². The smallest absolute Gasteiger partial charge is 0.263 e. The Kier molecular flexibility index (Phi) is 5.56. The molecule has 0 fully saturated rings. The summed E-state index contributed by atoms with van der Waals surface area (Å²) in [5.74, 6) is -0.426. The molecule has 2 aliphatic rings. The first-order chi connectivity index (χ1) is 12.8. The minimum atomic E-state index is -0.691. The molecule has 0 saturated carbocycles. The minimum Gasteiger partial charge on any atom is -0.479 e. The number of rotatable bonds is 5. The van der Waals surface area contributed by atoms with Gasteiger partial charge in [0.15, 0.2) is 6.10 Å². The van der Waals surface area contributed by atoms with E-state index in [1.807, 2.05) is 6.92 Å². The summed E-state index contributed by atoms with van der Waals surface area (Å²) in [6.45, 7) is 1.84. The predicted molar refractivity (Wildman–Crippen MR) is 103 cm³/mol. The van der Waals surface area contributed by atoms with E-state index < -0.39 is 6.10 Å².